The first-order valence-corrected chi connectivity index (χ1v) is 7.94. The van der Waals surface area contributed by atoms with Gasteiger partial charge in [0.25, 0.3) is 5.91 Å². The van der Waals surface area contributed by atoms with Gasteiger partial charge in [0.05, 0.1) is 6.61 Å². The van der Waals surface area contributed by atoms with Crippen molar-refractivity contribution in [3.8, 4) is 5.75 Å². The number of hydrogen-bond acceptors (Lipinski definition) is 5. The number of amides is 1. The Balaban J connectivity index is 1.59. The number of hydrogen-bond donors (Lipinski definition) is 1. The van der Waals surface area contributed by atoms with Crippen LogP contribution >= 0.6 is 22.9 Å². The molecule has 0 aliphatic carbocycles. The predicted octanol–water partition coefficient (Wildman–Crippen LogP) is 1.62. The van der Waals surface area contributed by atoms with E-state index in [0.717, 1.165) is 39.3 Å². The zero-order chi connectivity index (χ0) is 14.2. The molecule has 2 rings (SSSR count). The van der Waals surface area contributed by atoms with Crippen molar-refractivity contribution in [2.45, 2.75) is 6.42 Å². The molecule has 7 heteroatoms. The third-order valence-corrected chi connectivity index (χ3v) is 4.14. The van der Waals surface area contributed by atoms with Gasteiger partial charge in [-0.25, -0.2) is 0 Å². The van der Waals surface area contributed by atoms with Crippen LogP contribution in [0.25, 0.3) is 0 Å². The highest BCUT2D eigenvalue weighted by Gasteiger charge is 2.10. The summed E-state index contributed by atoms with van der Waals surface area (Å²) in [4.78, 5) is 13.9. The minimum absolute atomic E-state index is 0.000432. The van der Waals surface area contributed by atoms with Crippen LogP contribution in [0.2, 0.25) is 4.34 Å². The number of thiophene rings is 1. The van der Waals surface area contributed by atoms with Crippen molar-refractivity contribution in [2.24, 2.45) is 0 Å². The minimum Gasteiger partial charge on any atom is -0.481 e. The molecule has 1 N–H and O–H groups in total. The first kappa shape index (κ1) is 15.6. The Hall–Kier alpha value is -0.820. The SMILES string of the molecule is O=C(COc1ccsc1Cl)NCCN1CCCOCC1. The summed E-state index contributed by atoms with van der Waals surface area (Å²) in [6.45, 7) is 5.02. The van der Waals surface area contributed by atoms with Gasteiger partial charge in [-0.15, -0.1) is 11.3 Å². The molecule has 112 valence electrons. The first-order valence-electron chi connectivity index (χ1n) is 6.68. The highest BCUT2D eigenvalue weighted by Crippen LogP contribution is 2.29. The normalized spacial score (nSPS) is 16.6. The molecule has 1 amide bonds. The van der Waals surface area contributed by atoms with E-state index in [1.165, 1.54) is 11.3 Å². The predicted molar refractivity (Wildman–Crippen MR) is 79.7 cm³/mol. The molecule has 5 nitrogen and oxygen atoms in total. The summed E-state index contributed by atoms with van der Waals surface area (Å²) in [5, 5.41) is 4.68. The molecule has 20 heavy (non-hydrogen) atoms. The molecule has 1 saturated heterocycles. The van der Waals surface area contributed by atoms with Gasteiger partial charge < -0.3 is 14.8 Å². The highest BCUT2D eigenvalue weighted by atomic mass is 35.5. The topological polar surface area (TPSA) is 50.8 Å². The molecule has 1 fully saturated rings. The fourth-order valence-electron chi connectivity index (χ4n) is 1.95. The number of carbonyl (C=O) groups is 1. The lowest BCUT2D eigenvalue weighted by atomic mass is 10.4. The Labute approximate surface area is 127 Å². The van der Waals surface area contributed by atoms with Gasteiger partial charge in [0, 0.05) is 32.8 Å². The van der Waals surface area contributed by atoms with Crippen LogP contribution in [0.1, 0.15) is 6.42 Å². The van der Waals surface area contributed by atoms with E-state index < -0.39 is 0 Å². The second-order valence-electron chi connectivity index (χ2n) is 4.50. The van der Waals surface area contributed by atoms with E-state index in [0.29, 0.717) is 16.6 Å². The van der Waals surface area contributed by atoms with Crippen LogP contribution in [0.5, 0.6) is 5.75 Å². The fourth-order valence-corrected chi connectivity index (χ4v) is 2.78. The molecule has 0 atom stereocenters. The molecule has 0 unspecified atom stereocenters. The van der Waals surface area contributed by atoms with Crippen LogP contribution in [0, 0.1) is 0 Å². The Kier molecular flexibility index (Phi) is 6.59. The lowest BCUT2D eigenvalue weighted by Crippen LogP contribution is -2.37. The van der Waals surface area contributed by atoms with Crippen molar-refractivity contribution in [1.29, 1.82) is 0 Å². The number of halogens is 1. The lowest BCUT2D eigenvalue weighted by molar-refractivity contribution is -0.123. The maximum Gasteiger partial charge on any atom is 0.257 e. The third-order valence-electron chi connectivity index (χ3n) is 3.01. The molecule has 0 spiro atoms. The van der Waals surface area contributed by atoms with Crippen molar-refractivity contribution in [3.05, 3.63) is 15.8 Å². The van der Waals surface area contributed by atoms with Gasteiger partial charge in [-0.2, -0.15) is 0 Å². The molecule has 1 aromatic heterocycles. The van der Waals surface area contributed by atoms with Crippen LogP contribution in [-0.2, 0) is 9.53 Å². The Morgan fingerprint density at radius 2 is 2.40 bits per heavy atom. The second kappa shape index (κ2) is 8.46. The molecule has 1 aromatic rings. The standard InChI is InChI=1S/C13H19ClN2O3S/c14-13-11(2-9-20-13)19-10-12(17)15-3-5-16-4-1-7-18-8-6-16/h2,9H,1,3-8,10H2,(H,15,17). The number of rotatable bonds is 6. The van der Waals surface area contributed by atoms with Gasteiger partial charge in [-0.1, -0.05) is 11.6 Å². The zero-order valence-electron chi connectivity index (χ0n) is 11.3. The smallest absolute Gasteiger partial charge is 0.257 e. The van der Waals surface area contributed by atoms with Gasteiger partial charge in [0.1, 0.15) is 10.1 Å². The van der Waals surface area contributed by atoms with Gasteiger partial charge >= 0.3 is 0 Å². The summed E-state index contributed by atoms with van der Waals surface area (Å²) < 4.78 is 11.3. The van der Waals surface area contributed by atoms with E-state index >= 15 is 0 Å². The quantitative estimate of drug-likeness (QED) is 0.866. The van der Waals surface area contributed by atoms with E-state index in [9.17, 15) is 4.79 Å². The van der Waals surface area contributed by atoms with Crippen LogP contribution in [0.3, 0.4) is 0 Å². The summed E-state index contributed by atoms with van der Waals surface area (Å²) >= 11 is 7.27. The zero-order valence-corrected chi connectivity index (χ0v) is 12.8. The van der Waals surface area contributed by atoms with E-state index in [2.05, 4.69) is 10.2 Å². The molecule has 1 aliphatic heterocycles. The highest BCUT2D eigenvalue weighted by molar-refractivity contribution is 7.14. The number of ether oxygens (including phenoxy) is 2. The van der Waals surface area contributed by atoms with Gasteiger partial charge in [-0.3, -0.25) is 9.69 Å². The van der Waals surface area contributed by atoms with Crippen LogP contribution in [-0.4, -0.2) is 56.8 Å². The minimum atomic E-state index is -0.127. The summed E-state index contributed by atoms with van der Waals surface area (Å²) in [7, 11) is 0. The number of carbonyl (C=O) groups excluding carboxylic acids is 1. The Bertz CT molecular complexity index is 420. The van der Waals surface area contributed by atoms with Gasteiger partial charge in [0.2, 0.25) is 0 Å². The first-order chi connectivity index (χ1) is 9.75. The van der Waals surface area contributed by atoms with Gasteiger partial charge in [-0.05, 0) is 17.9 Å². The average Bonchev–Trinajstić information content (AvgIpc) is 2.69. The monoisotopic (exact) mass is 318 g/mol. The summed E-state index contributed by atoms with van der Waals surface area (Å²) in [6, 6.07) is 1.76. The molecule has 0 saturated carbocycles. The van der Waals surface area contributed by atoms with Crippen molar-refractivity contribution < 1.29 is 14.3 Å². The van der Waals surface area contributed by atoms with Crippen molar-refractivity contribution in [3.63, 3.8) is 0 Å². The van der Waals surface area contributed by atoms with E-state index in [1.807, 2.05) is 5.38 Å². The summed E-state index contributed by atoms with van der Waals surface area (Å²) in [6.07, 6.45) is 1.05. The van der Waals surface area contributed by atoms with E-state index in [4.69, 9.17) is 21.1 Å². The second-order valence-corrected chi connectivity index (χ2v) is 6.02. The molecule has 0 aromatic carbocycles. The van der Waals surface area contributed by atoms with Crippen molar-refractivity contribution >= 4 is 28.8 Å². The number of nitrogens with one attached hydrogen (secondary N) is 1. The lowest BCUT2D eigenvalue weighted by Gasteiger charge is -2.18. The Morgan fingerprint density at radius 1 is 1.50 bits per heavy atom. The summed E-state index contributed by atoms with van der Waals surface area (Å²) in [5.41, 5.74) is 0. The fraction of sp³-hybridized carbons (Fsp3) is 0.615. The number of nitrogens with zero attached hydrogens (tertiary/aromatic N) is 1. The van der Waals surface area contributed by atoms with E-state index in [-0.39, 0.29) is 12.5 Å². The maximum atomic E-state index is 11.6. The maximum absolute atomic E-state index is 11.6. The van der Waals surface area contributed by atoms with Gasteiger partial charge in [0.15, 0.2) is 6.61 Å². The van der Waals surface area contributed by atoms with Crippen molar-refractivity contribution in [2.75, 3.05) is 46.0 Å². The molecular formula is C13H19ClN2O3S. The van der Waals surface area contributed by atoms with Crippen LogP contribution < -0.4 is 10.1 Å². The van der Waals surface area contributed by atoms with Crippen LogP contribution in [0.15, 0.2) is 11.4 Å². The molecule has 0 bridgehead atoms. The molecular weight excluding hydrogens is 300 g/mol. The average molecular weight is 319 g/mol. The Morgan fingerprint density at radius 3 is 3.20 bits per heavy atom. The molecule has 0 radical (unpaired) electrons. The van der Waals surface area contributed by atoms with E-state index in [1.54, 1.807) is 6.07 Å². The van der Waals surface area contributed by atoms with Crippen molar-refractivity contribution in [1.82, 2.24) is 10.2 Å². The summed E-state index contributed by atoms with van der Waals surface area (Å²) in [5.74, 6) is 0.440. The molecule has 1 aliphatic rings. The third kappa shape index (κ3) is 5.28. The largest absolute Gasteiger partial charge is 0.481 e. The van der Waals surface area contributed by atoms with Crippen LogP contribution in [0.4, 0.5) is 0 Å². The molecule has 2 heterocycles.